The van der Waals surface area contributed by atoms with E-state index in [1.54, 1.807) is 16.4 Å². The fourth-order valence-electron chi connectivity index (χ4n) is 7.57. The predicted octanol–water partition coefficient (Wildman–Crippen LogP) is 4.73. The highest BCUT2D eigenvalue weighted by atomic mass is 35.5. The lowest BCUT2D eigenvalue weighted by Gasteiger charge is -2.36. The minimum absolute atomic E-state index is 0.0109. The third-order valence-corrected chi connectivity index (χ3v) is 10.8. The lowest BCUT2D eigenvalue weighted by molar-refractivity contribution is -0.137. The first-order chi connectivity index (χ1) is 27.4. The van der Waals surface area contributed by atoms with Gasteiger partial charge in [-0.25, -0.2) is 9.97 Å². The van der Waals surface area contributed by atoms with E-state index in [1.165, 1.54) is 10.8 Å². The van der Waals surface area contributed by atoms with Crippen LogP contribution in [0.1, 0.15) is 58.3 Å². The summed E-state index contributed by atoms with van der Waals surface area (Å²) in [4.78, 5) is 61.3. The number of nitrogens with one attached hydrogen (secondary N) is 1. The van der Waals surface area contributed by atoms with E-state index in [0.29, 0.717) is 55.1 Å². The molecule has 57 heavy (non-hydrogen) atoms. The van der Waals surface area contributed by atoms with Crippen LogP contribution in [0.15, 0.2) is 59.7 Å². The van der Waals surface area contributed by atoms with Crippen LogP contribution in [-0.2, 0) is 22.3 Å². The number of carbonyl (C=O) groups is 2. The molecule has 0 aliphatic carbocycles. The topological polar surface area (TPSA) is 152 Å². The Morgan fingerprint density at radius 2 is 1.74 bits per heavy atom. The van der Waals surface area contributed by atoms with Crippen LogP contribution in [0.2, 0.25) is 5.02 Å². The second-order valence-corrected chi connectivity index (χ2v) is 14.6. The number of alkyl halides is 3. The van der Waals surface area contributed by atoms with Crippen molar-refractivity contribution >= 4 is 46.5 Å². The van der Waals surface area contributed by atoms with Crippen molar-refractivity contribution in [2.24, 2.45) is 0 Å². The number of benzene rings is 2. The summed E-state index contributed by atoms with van der Waals surface area (Å²) in [5.41, 5.74) is 1.12. The van der Waals surface area contributed by atoms with Gasteiger partial charge < -0.3 is 29.5 Å². The second kappa shape index (κ2) is 15.3. The Labute approximate surface area is 329 Å². The van der Waals surface area contributed by atoms with Crippen LogP contribution in [-0.4, -0.2) is 98.3 Å². The number of piperazine rings is 1. The summed E-state index contributed by atoms with van der Waals surface area (Å²) in [6.07, 6.45) is -3.02. The first-order valence-electron chi connectivity index (χ1n) is 18.5. The van der Waals surface area contributed by atoms with Crippen LogP contribution in [0.5, 0.6) is 5.75 Å². The third kappa shape index (κ3) is 7.34. The Morgan fingerprint density at radius 3 is 2.44 bits per heavy atom. The van der Waals surface area contributed by atoms with Gasteiger partial charge in [0.2, 0.25) is 17.6 Å². The summed E-state index contributed by atoms with van der Waals surface area (Å²) in [6.45, 7) is 6.82. The molecule has 3 aromatic heterocycles. The SMILES string of the molecule is Cc1ncnc(C(=O)N2CCN(c3c4n(c5nc(N6CCOCC6)nn5c3=O)[C@H](C(=O)Nc3ccc(C(F)(F)F)cc3Cl)C[C@@H]4C)CC2)c1OCc1ccccc1. The number of hydrogen-bond donors (Lipinski definition) is 1. The van der Waals surface area contributed by atoms with Gasteiger partial charge in [-0.15, -0.1) is 5.10 Å². The van der Waals surface area contributed by atoms with Crippen LogP contribution in [0.4, 0.5) is 30.5 Å². The molecule has 0 radical (unpaired) electrons. The van der Waals surface area contributed by atoms with Gasteiger partial charge >= 0.3 is 6.18 Å². The van der Waals surface area contributed by atoms with Gasteiger partial charge in [0.1, 0.15) is 24.7 Å². The smallest absolute Gasteiger partial charge is 0.416 e. The lowest BCUT2D eigenvalue weighted by Crippen LogP contribution is -2.51. The zero-order valence-corrected chi connectivity index (χ0v) is 31.8. The van der Waals surface area contributed by atoms with E-state index in [1.807, 2.05) is 47.1 Å². The summed E-state index contributed by atoms with van der Waals surface area (Å²) in [5, 5.41) is 7.05. The van der Waals surface area contributed by atoms with E-state index in [0.717, 1.165) is 23.8 Å². The van der Waals surface area contributed by atoms with Crippen molar-refractivity contribution in [1.29, 1.82) is 0 Å². The number of fused-ring (bicyclic) bond motifs is 3. The molecule has 2 fully saturated rings. The number of halogens is 4. The molecule has 0 spiro atoms. The highest BCUT2D eigenvalue weighted by Gasteiger charge is 2.41. The summed E-state index contributed by atoms with van der Waals surface area (Å²) < 4.78 is 54.5. The first-order valence-corrected chi connectivity index (χ1v) is 18.8. The van der Waals surface area contributed by atoms with E-state index in [-0.39, 0.29) is 73.2 Å². The Balaban J connectivity index is 1.10. The molecule has 5 aromatic rings. The second-order valence-electron chi connectivity index (χ2n) is 14.2. The largest absolute Gasteiger partial charge is 0.485 e. The Hall–Kier alpha value is -5.75. The fraction of sp³-hybridized carbons (Fsp3) is 0.395. The minimum atomic E-state index is -4.61. The average molecular weight is 807 g/mol. The van der Waals surface area contributed by atoms with Crippen LogP contribution >= 0.6 is 11.6 Å². The van der Waals surface area contributed by atoms with Crippen LogP contribution in [0.25, 0.3) is 5.78 Å². The molecule has 2 atom stereocenters. The van der Waals surface area contributed by atoms with Gasteiger partial charge in [0.05, 0.1) is 40.9 Å². The molecular formula is C38H38ClF3N10O5. The number of aryl methyl sites for hydroxylation is 1. The molecule has 19 heteroatoms. The quantitative estimate of drug-likeness (QED) is 0.232. The third-order valence-electron chi connectivity index (χ3n) is 10.5. The lowest BCUT2D eigenvalue weighted by atomic mass is 10.0. The summed E-state index contributed by atoms with van der Waals surface area (Å²) in [5.74, 6) is -0.456. The maximum Gasteiger partial charge on any atom is 0.416 e. The Kier molecular flexibility index (Phi) is 10.2. The van der Waals surface area contributed by atoms with Gasteiger partial charge in [-0.1, -0.05) is 48.9 Å². The Morgan fingerprint density at radius 1 is 1.00 bits per heavy atom. The van der Waals surface area contributed by atoms with Crippen molar-refractivity contribution < 1.29 is 32.2 Å². The molecule has 298 valence electrons. The minimum Gasteiger partial charge on any atom is -0.485 e. The average Bonchev–Trinajstić information content (AvgIpc) is 3.81. The number of ether oxygens (including phenoxy) is 2. The number of morpholine rings is 1. The maximum atomic E-state index is 14.5. The zero-order chi connectivity index (χ0) is 40.0. The van der Waals surface area contributed by atoms with Crippen molar-refractivity contribution in [2.45, 2.75) is 45.0 Å². The van der Waals surface area contributed by atoms with Gasteiger partial charge in [-0.3, -0.25) is 19.0 Å². The molecular weight excluding hydrogens is 769 g/mol. The fourth-order valence-corrected chi connectivity index (χ4v) is 7.80. The Bertz CT molecular complexity index is 2400. The molecule has 2 amide bonds. The van der Waals surface area contributed by atoms with Gasteiger partial charge in [0, 0.05) is 45.2 Å². The molecule has 15 nitrogen and oxygen atoms in total. The molecule has 8 rings (SSSR count). The van der Waals surface area contributed by atoms with Gasteiger partial charge in [-0.05, 0) is 37.1 Å². The van der Waals surface area contributed by atoms with Crippen LogP contribution in [0.3, 0.4) is 0 Å². The van der Waals surface area contributed by atoms with E-state index in [9.17, 15) is 27.6 Å². The normalized spacial score (nSPS) is 18.5. The molecule has 3 aliphatic rings. The van der Waals surface area contributed by atoms with E-state index in [4.69, 9.17) is 26.1 Å². The van der Waals surface area contributed by atoms with Crippen molar-refractivity contribution in [3.63, 3.8) is 0 Å². The van der Waals surface area contributed by atoms with E-state index in [2.05, 4.69) is 20.4 Å². The molecule has 2 saturated heterocycles. The van der Waals surface area contributed by atoms with E-state index < -0.39 is 29.2 Å². The van der Waals surface area contributed by atoms with Crippen molar-refractivity contribution in [3.8, 4) is 5.75 Å². The predicted molar refractivity (Wildman–Crippen MR) is 203 cm³/mol. The number of rotatable bonds is 8. The van der Waals surface area contributed by atoms with Gasteiger partial charge in [0.15, 0.2) is 11.4 Å². The monoisotopic (exact) mass is 806 g/mol. The summed E-state index contributed by atoms with van der Waals surface area (Å²) in [6, 6.07) is 11.4. The molecule has 2 aromatic carbocycles. The molecule has 6 heterocycles. The van der Waals surface area contributed by atoms with Crippen LogP contribution < -0.4 is 25.4 Å². The number of carbonyl (C=O) groups excluding carboxylic acids is 2. The number of amides is 2. The van der Waals surface area contributed by atoms with Crippen LogP contribution in [0, 0.1) is 6.92 Å². The molecule has 0 bridgehead atoms. The summed E-state index contributed by atoms with van der Waals surface area (Å²) in [7, 11) is 0. The first kappa shape index (κ1) is 38.1. The molecule has 0 unspecified atom stereocenters. The summed E-state index contributed by atoms with van der Waals surface area (Å²) >= 11 is 6.22. The van der Waals surface area contributed by atoms with Gasteiger partial charge in [-0.2, -0.15) is 22.7 Å². The standard InChI is InChI=1S/C38H38ClF3N10O5/c1-22-18-28(33(53)45-27-9-8-25(19-26(27)39)38(40,41)42)51-30(22)31(35(55)52-37(51)46-36(47-52)50-14-16-56-17-15-50)48-10-12-49(13-11-48)34(54)29-32(23(2)43-21-44-29)57-20-24-6-4-3-5-7-24/h3-9,19,21-22,28H,10-18,20H2,1-2H3,(H,45,53)/t22-,28-/m0/s1. The molecule has 0 saturated carbocycles. The highest BCUT2D eigenvalue weighted by Crippen LogP contribution is 2.42. The van der Waals surface area contributed by atoms with Crippen molar-refractivity contribution in [1.82, 2.24) is 34.0 Å². The molecule has 1 N–H and O–H groups in total. The number of aromatic nitrogens is 6. The molecule has 3 aliphatic heterocycles. The van der Waals surface area contributed by atoms with Gasteiger partial charge in [0.25, 0.3) is 11.5 Å². The number of hydrogen-bond acceptors (Lipinski definition) is 11. The van der Waals surface area contributed by atoms with E-state index >= 15 is 0 Å². The highest BCUT2D eigenvalue weighted by molar-refractivity contribution is 6.33. The zero-order valence-electron chi connectivity index (χ0n) is 31.0. The number of anilines is 3. The maximum absolute atomic E-state index is 14.5. The van der Waals surface area contributed by atoms with Crippen molar-refractivity contribution in [3.05, 3.63) is 98.4 Å². The van der Waals surface area contributed by atoms with Crippen molar-refractivity contribution in [2.75, 3.05) is 67.6 Å². The number of nitrogens with zero attached hydrogens (tertiary/aromatic N) is 9.